The number of hydrogen-bond donors (Lipinski definition) is 1. The van der Waals surface area contributed by atoms with Crippen molar-refractivity contribution >= 4 is 23.0 Å². The number of methoxy groups -OCH3 is 1. The quantitative estimate of drug-likeness (QED) is 0.402. The predicted octanol–water partition coefficient (Wildman–Crippen LogP) is 4.21. The van der Waals surface area contributed by atoms with Crippen LogP contribution in [0, 0.1) is 5.82 Å². The van der Waals surface area contributed by atoms with Crippen LogP contribution in [0.15, 0.2) is 78.2 Å². The Balaban J connectivity index is 1.63. The maximum atomic E-state index is 13.8. The average Bonchev–Trinajstić information content (AvgIpc) is 2.79. The smallest absolute Gasteiger partial charge is 0.272 e. The van der Waals surface area contributed by atoms with Crippen molar-refractivity contribution in [1.29, 1.82) is 0 Å². The average molecular weight is 400 g/mol. The summed E-state index contributed by atoms with van der Waals surface area (Å²) in [6.07, 6.45) is 4.73. The van der Waals surface area contributed by atoms with Crippen LogP contribution in [0.1, 0.15) is 15.9 Å². The summed E-state index contributed by atoms with van der Waals surface area (Å²) in [6, 6.07) is 17.2. The van der Waals surface area contributed by atoms with Gasteiger partial charge in [0.2, 0.25) is 0 Å². The molecule has 1 amide bonds. The number of para-hydroxylation sites is 1. The van der Waals surface area contributed by atoms with E-state index in [4.69, 9.17) is 4.74 Å². The fourth-order valence-electron chi connectivity index (χ4n) is 3.01. The van der Waals surface area contributed by atoms with Gasteiger partial charge in [-0.15, -0.1) is 0 Å². The van der Waals surface area contributed by atoms with Gasteiger partial charge in [0.25, 0.3) is 5.91 Å². The molecule has 148 valence electrons. The Kier molecular flexibility index (Phi) is 5.43. The number of amides is 1. The van der Waals surface area contributed by atoms with Crippen molar-refractivity contribution in [3.63, 3.8) is 0 Å². The number of benzene rings is 2. The second-order valence-electron chi connectivity index (χ2n) is 6.41. The summed E-state index contributed by atoms with van der Waals surface area (Å²) in [5.74, 6) is -0.764. The highest BCUT2D eigenvalue weighted by Crippen LogP contribution is 2.24. The van der Waals surface area contributed by atoms with E-state index in [1.165, 1.54) is 25.5 Å². The number of aromatic nitrogens is 2. The number of hydrazone groups is 1. The highest BCUT2D eigenvalue weighted by molar-refractivity contribution is 6.07. The first-order chi connectivity index (χ1) is 14.7. The molecule has 4 rings (SSSR count). The van der Waals surface area contributed by atoms with Crippen molar-refractivity contribution in [2.45, 2.75) is 0 Å². The number of carbonyl (C=O) groups is 1. The molecule has 4 aromatic rings. The van der Waals surface area contributed by atoms with Crippen LogP contribution in [-0.4, -0.2) is 29.2 Å². The lowest BCUT2D eigenvalue weighted by atomic mass is 10.0. The summed E-state index contributed by atoms with van der Waals surface area (Å²) in [7, 11) is 1.39. The van der Waals surface area contributed by atoms with Crippen molar-refractivity contribution in [3.05, 3.63) is 90.0 Å². The topological polar surface area (TPSA) is 76.5 Å². The maximum absolute atomic E-state index is 13.8. The number of ether oxygens (including phenoxy) is 1. The molecular formula is C23H17FN4O2. The normalized spacial score (nSPS) is 11.0. The number of carbonyl (C=O) groups excluding carboxylic acids is 1. The summed E-state index contributed by atoms with van der Waals surface area (Å²) in [5.41, 5.74) is 5.54. The van der Waals surface area contributed by atoms with Gasteiger partial charge in [-0.3, -0.25) is 9.78 Å². The van der Waals surface area contributed by atoms with Gasteiger partial charge in [-0.1, -0.05) is 18.2 Å². The molecule has 0 radical (unpaired) electrons. The maximum Gasteiger partial charge on any atom is 0.272 e. The van der Waals surface area contributed by atoms with Crippen LogP contribution in [0.3, 0.4) is 0 Å². The number of halogens is 1. The SMILES string of the molecule is COc1ccc(/C=N\NC(=O)c2cc(-c3cccnc3)nc3ccccc23)cc1F. The zero-order valence-electron chi connectivity index (χ0n) is 16.0. The molecule has 0 unspecified atom stereocenters. The predicted molar refractivity (Wildman–Crippen MR) is 113 cm³/mol. The van der Waals surface area contributed by atoms with Gasteiger partial charge in [0.05, 0.1) is 30.1 Å². The zero-order valence-corrected chi connectivity index (χ0v) is 16.0. The van der Waals surface area contributed by atoms with Crippen LogP contribution < -0.4 is 10.2 Å². The third-order valence-corrected chi connectivity index (χ3v) is 4.47. The highest BCUT2D eigenvalue weighted by atomic mass is 19.1. The number of fused-ring (bicyclic) bond motifs is 1. The van der Waals surface area contributed by atoms with E-state index in [2.05, 4.69) is 20.5 Å². The number of nitrogens with one attached hydrogen (secondary N) is 1. The number of nitrogens with zero attached hydrogens (tertiary/aromatic N) is 3. The summed E-state index contributed by atoms with van der Waals surface area (Å²) < 4.78 is 18.7. The van der Waals surface area contributed by atoms with Gasteiger partial charge in [-0.2, -0.15) is 5.10 Å². The van der Waals surface area contributed by atoms with Gasteiger partial charge in [0.1, 0.15) is 0 Å². The Morgan fingerprint density at radius 2 is 2.00 bits per heavy atom. The minimum atomic E-state index is -0.506. The van der Waals surface area contributed by atoms with E-state index in [0.29, 0.717) is 27.7 Å². The first-order valence-corrected chi connectivity index (χ1v) is 9.13. The summed E-state index contributed by atoms with van der Waals surface area (Å²) >= 11 is 0. The van der Waals surface area contributed by atoms with E-state index in [1.807, 2.05) is 36.4 Å². The first kappa shape index (κ1) is 19.2. The number of rotatable bonds is 5. The van der Waals surface area contributed by atoms with Gasteiger partial charge in [0, 0.05) is 23.3 Å². The van der Waals surface area contributed by atoms with Crippen molar-refractivity contribution in [1.82, 2.24) is 15.4 Å². The van der Waals surface area contributed by atoms with E-state index >= 15 is 0 Å². The van der Waals surface area contributed by atoms with Gasteiger partial charge < -0.3 is 4.74 Å². The molecule has 6 nitrogen and oxygen atoms in total. The monoisotopic (exact) mass is 400 g/mol. The van der Waals surface area contributed by atoms with E-state index in [9.17, 15) is 9.18 Å². The van der Waals surface area contributed by atoms with Crippen molar-refractivity contribution in [3.8, 4) is 17.0 Å². The fraction of sp³-hybridized carbons (Fsp3) is 0.0435. The molecule has 2 heterocycles. The van der Waals surface area contributed by atoms with E-state index in [0.717, 1.165) is 5.56 Å². The second-order valence-corrected chi connectivity index (χ2v) is 6.41. The standard InChI is InChI=1S/C23H17FN4O2/c1-30-22-9-8-15(11-19(22)24)13-26-28-23(29)18-12-21(16-5-4-10-25-14-16)27-20-7-3-2-6-17(18)20/h2-14H,1H3,(H,28,29)/b26-13-. The molecule has 0 saturated carbocycles. The molecule has 0 aliphatic heterocycles. The van der Waals surface area contributed by atoms with Gasteiger partial charge in [0.15, 0.2) is 11.6 Å². The first-order valence-electron chi connectivity index (χ1n) is 9.13. The Labute approximate surface area is 172 Å². The molecular weight excluding hydrogens is 383 g/mol. The summed E-state index contributed by atoms with van der Waals surface area (Å²) in [6.45, 7) is 0. The van der Waals surface area contributed by atoms with Crippen LogP contribution in [-0.2, 0) is 0 Å². The molecule has 1 N–H and O–H groups in total. The molecule has 2 aromatic heterocycles. The Morgan fingerprint density at radius 3 is 2.77 bits per heavy atom. The van der Waals surface area contributed by atoms with Gasteiger partial charge in [-0.05, 0) is 48.0 Å². The Hall–Kier alpha value is -4.13. The molecule has 0 bridgehead atoms. The minimum absolute atomic E-state index is 0.141. The fourth-order valence-corrected chi connectivity index (χ4v) is 3.01. The third kappa shape index (κ3) is 4.00. The summed E-state index contributed by atoms with van der Waals surface area (Å²) in [5, 5.41) is 4.66. The molecule has 0 saturated heterocycles. The third-order valence-electron chi connectivity index (χ3n) is 4.47. The van der Waals surface area contributed by atoms with Crippen molar-refractivity contribution in [2.24, 2.45) is 5.10 Å². The zero-order chi connectivity index (χ0) is 20.9. The highest BCUT2D eigenvalue weighted by Gasteiger charge is 2.13. The summed E-state index contributed by atoms with van der Waals surface area (Å²) in [4.78, 5) is 21.6. The van der Waals surface area contributed by atoms with Crippen molar-refractivity contribution in [2.75, 3.05) is 7.11 Å². The van der Waals surface area contributed by atoms with Crippen LogP contribution in [0.25, 0.3) is 22.2 Å². The number of hydrogen-bond acceptors (Lipinski definition) is 5. The lowest BCUT2D eigenvalue weighted by Gasteiger charge is -2.08. The largest absolute Gasteiger partial charge is 0.494 e. The minimum Gasteiger partial charge on any atom is -0.494 e. The van der Waals surface area contributed by atoms with Gasteiger partial charge >= 0.3 is 0 Å². The Bertz CT molecular complexity index is 1240. The van der Waals surface area contributed by atoms with Crippen LogP contribution >= 0.6 is 0 Å². The molecule has 2 aromatic carbocycles. The van der Waals surface area contributed by atoms with E-state index in [-0.39, 0.29) is 5.75 Å². The molecule has 0 spiro atoms. The van der Waals surface area contributed by atoms with Gasteiger partial charge in [-0.25, -0.2) is 14.8 Å². The van der Waals surface area contributed by atoms with Crippen LogP contribution in [0.4, 0.5) is 4.39 Å². The Morgan fingerprint density at radius 1 is 1.13 bits per heavy atom. The lowest BCUT2D eigenvalue weighted by molar-refractivity contribution is 0.0956. The second kappa shape index (κ2) is 8.48. The van der Waals surface area contributed by atoms with Crippen LogP contribution in [0.2, 0.25) is 0 Å². The van der Waals surface area contributed by atoms with E-state index < -0.39 is 11.7 Å². The molecule has 0 atom stereocenters. The molecule has 30 heavy (non-hydrogen) atoms. The molecule has 0 aliphatic rings. The van der Waals surface area contributed by atoms with Crippen LogP contribution in [0.5, 0.6) is 5.75 Å². The lowest BCUT2D eigenvalue weighted by Crippen LogP contribution is -2.18. The van der Waals surface area contributed by atoms with Crippen molar-refractivity contribution < 1.29 is 13.9 Å². The molecule has 7 heteroatoms. The number of pyridine rings is 2. The molecule has 0 aliphatic carbocycles. The van der Waals surface area contributed by atoms with E-state index in [1.54, 1.807) is 24.5 Å². The molecule has 0 fully saturated rings.